The number of rotatable bonds is 3. The van der Waals surface area contributed by atoms with E-state index in [1.165, 1.54) is 6.92 Å². The molecule has 7 atom stereocenters. The van der Waals surface area contributed by atoms with Gasteiger partial charge in [0.05, 0.1) is 12.7 Å². The van der Waals surface area contributed by atoms with Crippen LogP contribution in [-0.2, 0) is 9.53 Å². The first-order valence-electron chi connectivity index (χ1n) is 9.94. The summed E-state index contributed by atoms with van der Waals surface area (Å²) in [5.74, 6) is 0.329. The molecular weight excluding hydrogens is 328 g/mol. The van der Waals surface area contributed by atoms with Gasteiger partial charge in [-0.25, -0.2) is 0 Å². The molecule has 0 aromatic rings. The standard InChI is InChI=1S/C22H34O4/c1-6-22(25)11-8-17-16(14(22)2)12-18(24)19-20(4,13-26-15(3)23)9-7-10-21(17,19)5/h6,16-19,24-25H,1-2,7-13H2,3-5H3/t16-,17-,18+,19-,20-,21+,22+/m0/s1. The minimum atomic E-state index is -1.01. The molecule has 4 heteroatoms. The van der Waals surface area contributed by atoms with Gasteiger partial charge in [0.1, 0.15) is 5.60 Å². The first-order chi connectivity index (χ1) is 12.1. The number of carbonyl (C=O) groups is 1. The summed E-state index contributed by atoms with van der Waals surface area (Å²) < 4.78 is 5.41. The minimum Gasteiger partial charge on any atom is -0.465 e. The zero-order valence-electron chi connectivity index (χ0n) is 16.5. The molecule has 0 spiro atoms. The summed E-state index contributed by atoms with van der Waals surface area (Å²) in [6, 6.07) is 0. The number of aliphatic hydroxyl groups is 2. The molecule has 0 bridgehead atoms. The van der Waals surface area contributed by atoms with Gasteiger partial charge in [-0.2, -0.15) is 0 Å². The van der Waals surface area contributed by atoms with Crippen LogP contribution in [-0.4, -0.2) is 34.5 Å². The summed E-state index contributed by atoms with van der Waals surface area (Å²) in [6.45, 7) is 14.3. The molecule has 4 nitrogen and oxygen atoms in total. The van der Waals surface area contributed by atoms with E-state index in [1.807, 2.05) is 0 Å². The first-order valence-corrected chi connectivity index (χ1v) is 9.94. The summed E-state index contributed by atoms with van der Waals surface area (Å²) in [7, 11) is 0. The summed E-state index contributed by atoms with van der Waals surface area (Å²) >= 11 is 0. The lowest BCUT2D eigenvalue weighted by Gasteiger charge is -2.63. The average molecular weight is 363 g/mol. The van der Waals surface area contributed by atoms with E-state index in [0.29, 0.717) is 25.4 Å². The Morgan fingerprint density at radius 3 is 2.65 bits per heavy atom. The third-order valence-electron chi connectivity index (χ3n) is 7.92. The number of ether oxygens (including phenoxy) is 1. The predicted molar refractivity (Wildman–Crippen MR) is 101 cm³/mol. The Kier molecular flexibility index (Phi) is 4.90. The van der Waals surface area contributed by atoms with E-state index < -0.39 is 11.7 Å². The van der Waals surface area contributed by atoms with Crippen LogP contribution in [0, 0.1) is 28.6 Å². The Labute approximate surface area is 157 Å². The molecule has 0 amide bonds. The maximum atomic E-state index is 11.4. The average Bonchev–Trinajstić information content (AvgIpc) is 2.56. The Morgan fingerprint density at radius 2 is 2.04 bits per heavy atom. The van der Waals surface area contributed by atoms with Crippen molar-refractivity contribution in [1.29, 1.82) is 0 Å². The highest BCUT2D eigenvalue weighted by Gasteiger charge is 2.62. The van der Waals surface area contributed by atoms with E-state index in [9.17, 15) is 15.0 Å². The molecule has 0 aromatic carbocycles. The molecule has 0 aliphatic heterocycles. The Hall–Kier alpha value is -1.13. The largest absolute Gasteiger partial charge is 0.465 e. The molecule has 2 N–H and O–H groups in total. The number of esters is 1. The second-order valence-corrected chi connectivity index (χ2v) is 9.48. The van der Waals surface area contributed by atoms with Crippen LogP contribution in [0.2, 0.25) is 0 Å². The van der Waals surface area contributed by atoms with Gasteiger partial charge in [0, 0.05) is 12.3 Å². The van der Waals surface area contributed by atoms with E-state index in [-0.39, 0.29) is 28.6 Å². The van der Waals surface area contributed by atoms with Crippen molar-refractivity contribution in [2.24, 2.45) is 28.6 Å². The number of hydrogen-bond donors (Lipinski definition) is 2. The Morgan fingerprint density at radius 1 is 1.35 bits per heavy atom. The van der Waals surface area contributed by atoms with Crippen LogP contribution in [0.25, 0.3) is 0 Å². The predicted octanol–water partition coefficient (Wildman–Crippen LogP) is 3.63. The van der Waals surface area contributed by atoms with Gasteiger partial charge in [0.25, 0.3) is 0 Å². The van der Waals surface area contributed by atoms with E-state index in [4.69, 9.17) is 4.74 Å². The quantitative estimate of drug-likeness (QED) is 0.594. The van der Waals surface area contributed by atoms with Crippen molar-refractivity contribution < 1.29 is 19.7 Å². The fourth-order valence-corrected chi connectivity index (χ4v) is 6.76. The van der Waals surface area contributed by atoms with Gasteiger partial charge in [-0.3, -0.25) is 4.79 Å². The molecule has 0 saturated heterocycles. The summed E-state index contributed by atoms with van der Waals surface area (Å²) in [5, 5.41) is 22.0. The van der Waals surface area contributed by atoms with Crippen LogP contribution in [0.1, 0.15) is 59.3 Å². The van der Waals surface area contributed by atoms with Crippen LogP contribution >= 0.6 is 0 Å². The van der Waals surface area contributed by atoms with E-state index >= 15 is 0 Å². The smallest absolute Gasteiger partial charge is 0.302 e. The topological polar surface area (TPSA) is 66.8 Å². The zero-order chi connectivity index (χ0) is 19.3. The highest BCUT2D eigenvalue weighted by Crippen LogP contribution is 2.65. The monoisotopic (exact) mass is 362 g/mol. The van der Waals surface area contributed by atoms with Crippen LogP contribution in [0.3, 0.4) is 0 Å². The molecule has 0 aromatic heterocycles. The maximum Gasteiger partial charge on any atom is 0.302 e. The van der Waals surface area contributed by atoms with E-state index in [0.717, 1.165) is 31.3 Å². The molecule has 0 heterocycles. The zero-order valence-corrected chi connectivity index (χ0v) is 16.5. The molecule has 3 saturated carbocycles. The normalized spacial score (nSPS) is 48.3. The molecule has 3 aliphatic carbocycles. The molecule has 0 unspecified atom stereocenters. The fourth-order valence-electron chi connectivity index (χ4n) is 6.76. The minimum absolute atomic E-state index is 0.0408. The van der Waals surface area contributed by atoms with Gasteiger partial charge >= 0.3 is 5.97 Å². The van der Waals surface area contributed by atoms with Gasteiger partial charge in [-0.15, -0.1) is 0 Å². The van der Waals surface area contributed by atoms with Crippen molar-refractivity contribution >= 4 is 5.97 Å². The van der Waals surface area contributed by atoms with Crippen LogP contribution < -0.4 is 0 Å². The second-order valence-electron chi connectivity index (χ2n) is 9.48. The fraction of sp³-hybridized carbons (Fsp3) is 0.773. The number of hydrogen-bond acceptors (Lipinski definition) is 4. The van der Waals surface area contributed by atoms with Crippen LogP contribution in [0.15, 0.2) is 24.8 Å². The van der Waals surface area contributed by atoms with Crippen LogP contribution in [0.5, 0.6) is 0 Å². The maximum absolute atomic E-state index is 11.4. The number of aliphatic hydroxyl groups excluding tert-OH is 1. The third kappa shape index (κ3) is 2.86. The first kappa shape index (κ1) is 19.6. The molecule has 3 fully saturated rings. The Bertz CT molecular complexity index is 613. The van der Waals surface area contributed by atoms with E-state index in [1.54, 1.807) is 6.08 Å². The van der Waals surface area contributed by atoms with Gasteiger partial charge in [0.2, 0.25) is 0 Å². The SMILES string of the molecule is C=C[C@@]1(O)CC[C@H]2[C@@H](C[C@@H](O)[C@H]3[C@](C)(COC(C)=O)CCC[C@]23C)C1=C. The molecular formula is C22H34O4. The van der Waals surface area contributed by atoms with Crippen molar-refractivity contribution in [3.05, 3.63) is 24.8 Å². The second kappa shape index (κ2) is 6.49. The van der Waals surface area contributed by atoms with Crippen molar-refractivity contribution in [3.8, 4) is 0 Å². The van der Waals surface area contributed by atoms with Crippen molar-refractivity contribution in [2.45, 2.75) is 71.0 Å². The van der Waals surface area contributed by atoms with Gasteiger partial charge in [-0.05, 0) is 60.8 Å². The molecule has 3 aliphatic rings. The lowest BCUT2D eigenvalue weighted by atomic mass is 9.42. The summed E-state index contributed by atoms with van der Waals surface area (Å²) in [5.41, 5.74) is -0.452. The summed E-state index contributed by atoms with van der Waals surface area (Å²) in [6.07, 6.45) is 6.40. The molecule has 3 rings (SSSR count). The highest BCUT2D eigenvalue weighted by atomic mass is 16.5. The van der Waals surface area contributed by atoms with Crippen molar-refractivity contribution in [3.63, 3.8) is 0 Å². The van der Waals surface area contributed by atoms with Gasteiger partial charge < -0.3 is 14.9 Å². The van der Waals surface area contributed by atoms with Crippen molar-refractivity contribution in [2.75, 3.05) is 6.61 Å². The lowest BCUT2D eigenvalue weighted by molar-refractivity contribution is -0.189. The molecule has 0 radical (unpaired) electrons. The van der Waals surface area contributed by atoms with Gasteiger partial charge in [0.15, 0.2) is 0 Å². The number of carbonyl (C=O) groups excluding carboxylic acids is 1. The number of fused-ring (bicyclic) bond motifs is 3. The lowest BCUT2D eigenvalue weighted by Crippen LogP contribution is -2.61. The summed E-state index contributed by atoms with van der Waals surface area (Å²) in [4.78, 5) is 11.4. The van der Waals surface area contributed by atoms with Crippen molar-refractivity contribution in [1.82, 2.24) is 0 Å². The third-order valence-corrected chi connectivity index (χ3v) is 7.92. The van der Waals surface area contributed by atoms with Gasteiger partial charge in [-0.1, -0.05) is 39.5 Å². The molecule has 146 valence electrons. The molecule has 26 heavy (non-hydrogen) atoms. The highest BCUT2D eigenvalue weighted by molar-refractivity contribution is 5.65. The van der Waals surface area contributed by atoms with Crippen LogP contribution in [0.4, 0.5) is 0 Å². The Balaban J connectivity index is 1.94. The van der Waals surface area contributed by atoms with E-state index in [2.05, 4.69) is 27.0 Å².